The molecule has 0 bridgehead atoms. The lowest BCUT2D eigenvalue weighted by Crippen LogP contribution is -2.40. The van der Waals surface area contributed by atoms with Crippen LogP contribution in [0.5, 0.6) is 11.5 Å². The summed E-state index contributed by atoms with van der Waals surface area (Å²) < 4.78 is 5.51. The minimum atomic E-state index is 0.280. The van der Waals surface area contributed by atoms with E-state index in [4.69, 9.17) is 17.0 Å². The van der Waals surface area contributed by atoms with Gasteiger partial charge in [0, 0.05) is 17.3 Å². The molecular weight excluding hydrogens is 320 g/mol. The van der Waals surface area contributed by atoms with E-state index in [1.807, 2.05) is 54.3 Å². The summed E-state index contributed by atoms with van der Waals surface area (Å²) in [5.41, 5.74) is 1.81. The summed E-state index contributed by atoms with van der Waals surface area (Å²) in [6.45, 7) is 3.12. The molecular formula is C19H22N2O2S. The molecule has 4 nitrogen and oxygen atoms in total. The number of rotatable bonds is 6. The van der Waals surface area contributed by atoms with Crippen LogP contribution in [0, 0.1) is 0 Å². The average molecular weight is 342 g/mol. The lowest BCUT2D eigenvalue weighted by Gasteiger charge is -2.26. The van der Waals surface area contributed by atoms with Gasteiger partial charge in [-0.15, -0.1) is 0 Å². The third kappa shape index (κ3) is 4.17. The highest BCUT2D eigenvalue weighted by molar-refractivity contribution is 7.80. The van der Waals surface area contributed by atoms with Crippen molar-refractivity contribution < 1.29 is 9.84 Å². The van der Waals surface area contributed by atoms with Crippen molar-refractivity contribution in [1.29, 1.82) is 0 Å². The van der Waals surface area contributed by atoms with E-state index >= 15 is 0 Å². The Morgan fingerprint density at radius 1 is 1.21 bits per heavy atom. The molecule has 1 aliphatic rings. The number of hydrogen-bond acceptors (Lipinski definition) is 3. The molecule has 1 saturated carbocycles. The van der Waals surface area contributed by atoms with Crippen molar-refractivity contribution in [3.05, 3.63) is 54.1 Å². The lowest BCUT2D eigenvalue weighted by atomic mass is 10.1. The molecule has 5 heteroatoms. The van der Waals surface area contributed by atoms with Gasteiger partial charge in [0.2, 0.25) is 0 Å². The molecule has 24 heavy (non-hydrogen) atoms. The summed E-state index contributed by atoms with van der Waals surface area (Å²) in [6, 6.07) is 15.7. The first-order chi connectivity index (χ1) is 11.7. The van der Waals surface area contributed by atoms with Gasteiger partial charge in [0.05, 0.1) is 13.2 Å². The Hall–Kier alpha value is -2.27. The Kier molecular flexibility index (Phi) is 5.20. The number of para-hydroxylation sites is 1. The topological polar surface area (TPSA) is 44.7 Å². The van der Waals surface area contributed by atoms with Gasteiger partial charge in [-0.2, -0.15) is 0 Å². The van der Waals surface area contributed by atoms with Gasteiger partial charge in [-0.3, -0.25) is 0 Å². The molecule has 0 radical (unpaired) electrons. The van der Waals surface area contributed by atoms with E-state index in [9.17, 15) is 5.11 Å². The van der Waals surface area contributed by atoms with Gasteiger partial charge in [0.15, 0.2) is 5.11 Å². The zero-order chi connectivity index (χ0) is 16.9. The molecule has 2 N–H and O–H groups in total. The maximum absolute atomic E-state index is 10.1. The number of hydrogen-bond donors (Lipinski definition) is 2. The number of benzene rings is 2. The van der Waals surface area contributed by atoms with E-state index in [1.54, 1.807) is 6.07 Å². The van der Waals surface area contributed by atoms with Crippen LogP contribution in [0.2, 0.25) is 0 Å². The normalized spacial score (nSPS) is 13.4. The predicted octanol–water partition coefficient (Wildman–Crippen LogP) is 3.83. The smallest absolute Gasteiger partial charge is 0.173 e. The molecule has 0 aliphatic heterocycles. The first-order valence-electron chi connectivity index (χ1n) is 8.25. The van der Waals surface area contributed by atoms with Gasteiger partial charge in [-0.25, -0.2) is 0 Å². The maximum Gasteiger partial charge on any atom is 0.173 e. The van der Waals surface area contributed by atoms with E-state index in [1.165, 1.54) is 0 Å². The molecule has 1 aliphatic carbocycles. The van der Waals surface area contributed by atoms with Crippen molar-refractivity contribution in [2.24, 2.45) is 0 Å². The van der Waals surface area contributed by atoms with Crippen LogP contribution >= 0.6 is 12.2 Å². The number of phenolic OH excluding ortho intramolecular Hbond substituents is 1. The molecule has 0 atom stereocenters. The first-order valence-corrected chi connectivity index (χ1v) is 8.66. The van der Waals surface area contributed by atoms with Crippen LogP contribution in [0.15, 0.2) is 48.5 Å². The highest BCUT2D eigenvalue weighted by atomic mass is 32.1. The van der Waals surface area contributed by atoms with Crippen LogP contribution < -0.4 is 15.0 Å². The number of nitrogens with zero attached hydrogens (tertiary/aromatic N) is 1. The van der Waals surface area contributed by atoms with Gasteiger partial charge < -0.3 is 20.1 Å². The minimum Gasteiger partial charge on any atom is -0.508 e. The molecule has 0 heterocycles. The standard InChI is InChI=1S/C19H22N2O2S/c1-2-23-17-11-9-16(10-12-17)21(19(24)20-15-7-8-15)13-14-5-3-4-6-18(14)22/h3-6,9-12,15,22H,2,7-8,13H2,1H3,(H,20,24). The second kappa shape index (κ2) is 7.53. The molecule has 0 amide bonds. The van der Waals surface area contributed by atoms with Crippen LogP contribution in [0.25, 0.3) is 0 Å². The van der Waals surface area contributed by atoms with Crippen molar-refractivity contribution in [2.45, 2.75) is 32.4 Å². The van der Waals surface area contributed by atoms with Crippen LogP contribution in [0.1, 0.15) is 25.3 Å². The highest BCUT2D eigenvalue weighted by Crippen LogP contribution is 2.26. The number of phenols is 1. The van der Waals surface area contributed by atoms with Crippen molar-refractivity contribution >= 4 is 23.0 Å². The van der Waals surface area contributed by atoms with Crippen LogP contribution in [-0.4, -0.2) is 22.9 Å². The second-order valence-electron chi connectivity index (χ2n) is 5.87. The number of nitrogens with one attached hydrogen (secondary N) is 1. The molecule has 0 saturated heterocycles. The van der Waals surface area contributed by atoms with Crippen molar-refractivity contribution in [3.63, 3.8) is 0 Å². The Morgan fingerprint density at radius 2 is 1.92 bits per heavy atom. The SMILES string of the molecule is CCOc1ccc(N(Cc2ccccc2O)C(=S)NC2CC2)cc1. The number of thiocarbonyl (C=S) groups is 1. The first kappa shape index (κ1) is 16.6. The van der Waals surface area contributed by atoms with E-state index in [0.717, 1.165) is 29.8 Å². The van der Waals surface area contributed by atoms with Crippen LogP contribution in [0.4, 0.5) is 5.69 Å². The number of aromatic hydroxyl groups is 1. The van der Waals surface area contributed by atoms with Crippen molar-refractivity contribution in [2.75, 3.05) is 11.5 Å². The molecule has 2 aromatic rings. The largest absolute Gasteiger partial charge is 0.508 e. The maximum atomic E-state index is 10.1. The predicted molar refractivity (Wildman–Crippen MR) is 101 cm³/mol. The molecule has 0 aromatic heterocycles. The second-order valence-corrected chi connectivity index (χ2v) is 6.25. The van der Waals surface area contributed by atoms with Gasteiger partial charge >= 0.3 is 0 Å². The molecule has 0 unspecified atom stereocenters. The van der Waals surface area contributed by atoms with E-state index in [-0.39, 0.29) is 5.75 Å². The molecule has 3 rings (SSSR count). The molecule has 0 spiro atoms. The molecule has 2 aromatic carbocycles. The van der Waals surface area contributed by atoms with Gasteiger partial charge in [0.25, 0.3) is 0 Å². The summed E-state index contributed by atoms with van der Waals surface area (Å²) in [5.74, 6) is 1.12. The zero-order valence-electron chi connectivity index (χ0n) is 13.7. The fraction of sp³-hybridized carbons (Fsp3) is 0.316. The Labute approximate surface area is 148 Å². The molecule has 126 valence electrons. The third-order valence-corrected chi connectivity index (χ3v) is 4.27. The Balaban J connectivity index is 1.83. The van der Waals surface area contributed by atoms with Crippen LogP contribution in [-0.2, 0) is 6.54 Å². The number of ether oxygens (including phenoxy) is 1. The van der Waals surface area contributed by atoms with E-state index in [0.29, 0.717) is 24.3 Å². The fourth-order valence-electron chi connectivity index (χ4n) is 2.46. The summed E-state index contributed by atoms with van der Waals surface area (Å²) >= 11 is 5.60. The summed E-state index contributed by atoms with van der Waals surface area (Å²) in [5, 5.41) is 14.1. The van der Waals surface area contributed by atoms with Crippen molar-refractivity contribution in [1.82, 2.24) is 5.32 Å². The summed E-state index contributed by atoms with van der Waals surface area (Å²) in [6.07, 6.45) is 2.32. The minimum absolute atomic E-state index is 0.280. The van der Waals surface area contributed by atoms with Gasteiger partial charge in [0.1, 0.15) is 11.5 Å². The average Bonchev–Trinajstić information content (AvgIpc) is 3.39. The monoisotopic (exact) mass is 342 g/mol. The Bertz CT molecular complexity index is 699. The lowest BCUT2D eigenvalue weighted by molar-refractivity contribution is 0.340. The summed E-state index contributed by atoms with van der Waals surface area (Å²) in [4.78, 5) is 2.01. The van der Waals surface area contributed by atoms with E-state index in [2.05, 4.69) is 5.32 Å². The van der Waals surface area contributed by atoms with Crippen LogP contribution in [0.3, 0.4) is 0 Å². The van der Waals surface area contributed by atoms with Gasteiger partial charge in [-0.1, -0.05) is 18.2 Å². The third-order valence-electron chi connectivity index (χ3n) is 3.93. The van der Waals surface area contributed by atoms with Gasteiger partial charge in [-0.05, 0) is 62.3 Å². The summed E-state index contributed by atoms with van der Waals surface area (Å²) in [7, 11) is 0. The molecule has 1 fully saturated rings. The highest BCUT2D eigenvalue weighted by Gasteiger charge is 2.25. The number of anilines is 1. The quantitative estimate of drug-likeness (QED) is 0.781. The van der Waals surface area contributed by atoms with E-state index < -0.39 is 0 Å². The Morgan fingerprint density at radius 3 is 2.54 bits per heavy atom. The van der Waals surface area contributed by atoms with Crippen molar-refractivity contribution in [3.8, 4) is 11.5 Å². The zero-order valence-corrected chi connectivity index (χ0v) is 14.6. The fourth-order valence-corrected chi connectivity index (χ4v) is 2.80.